The molecule has 0 amide bonds. The van der Waals surface area contributed by atoms with E-state index < -0.39 is 0 Å². The standard InChI is InChI=1S/C17H20O4/c1-18-14-9-5-7-12(16(14)20-3)11-13-8-6-10-15(19-2)17(13)21-4/h5-10H,11H2,1-4H3. The third-order valence-electron chi connectivity index (χ3n) is 3.35. The molecule has 0 aliphatic heterocycles. The molecule has 4 nitrogen and oxygen atoms in total. The van der Waals surface area contributed by atoms with Gasteiger partial charge in [0.05, 0.1) is 28.4 Å². The fourth-order valence-corrected chi connectivity index (χ4v) is 2.39. The second-order valence-electron chi connectivity index (χ2n) is 4.48. The Bertz CT molecular complexity index is 554. The maximum Gasteiger partial charge on any atom is 0.164 e. The van der Waals surface area contributed by atoms with E-state index in [9.17, 15) is 0 Å². The lowest BCUT2D eigenvalue weighted by Gasteiger charge is -2.15. The number of methoxy groups -OCH3 is 4. The number of ether oxygens (including phenoxy) is 4. The van der Waals surface area contributed by atoms with Crippen molar-refractivity contribution in [3.8, 4) is 23.0 Å². The van der Waals surface area contributed by atoms with Crippen LogP contribution in [0.5, 0.6) is 23.0 Å². The van der Waals surface area contributed by atoms with Gasteiger partial charge in [0.15, 0.2) is 23.0 Å². The zero-order valence-electron chi connectivity index (χ0n) is 12.8. The molecule has 0 N–H and O–H groups in total. The lowest BCUT2D eigenvalue weighted by molar-refractivity contribution is 0.348. The van der Waals surface area contributed by atoms with Crippen molar-refractivity contribution in [2.45, 2.75) is 6.42 Å². The average molecular weight is 288 g/mol. The Hall–Kier alpha value is -2.36. The molecule has 0 bridgehead atoms. The summed E-state index contributed by atoms with van der Waals surface area (Å²) in [7, 11) is 6.55. The Balaban J connectivity index is 2.43. The van der Waals surface area contributed by atoms with E-state index >= 15 is 0 Å². The van der Waals surface area contributed by atoms with Crippen LogP contribution in [0.25, 0.3) is 0 Å². The molecule has 0 radical (unpaired) electrons. The van der Waals surface area contributed by atoms with Gasteiger partial charge in [-0.3, -0.25) is 0 Å². The van der Waals surface area contributed by atoms with Gasteiger partial charge in [-0.25, -0.2) is 0 Å². The van der Waals surface area contributed by atoms with Gasteiger partial charge in [0, 0.05) is 17.5 Å². The van der Waals surface area contributed by atoms with E-state index in [2.05, 4.69) is 0 Å². The van der Waals surface area contributed by atoms with Crippen LogP contribution >= 0.6 is 0 Å². The van der Waals surface area contributed by atoms with E-state index in [1.54, 1.807) is 28.4 Å². The highest BCUT2D eigenvalue weighted by atomic mass is 16.5. The van der Waals surface area contributed by atoms with E-state index in [0.29, 0.717) is 6.42 Å². The second kappa shape index (κ2) is 6.88. The van der Waals surface area contributed by atoms with E-state index in [1.165, 1.54) is 0 Å². The fourth-order valence-electron chi connectivity index (χ4n) is 2.39. The first kappa shape index (κ1) is 15.0. The first-order chi connectivity index (χ1) is 10.2. The lowest BCUT2D eigenvalue weighted by atomic mass is 10.0. The zero-order chi connectivity index (χ0) is 15.2. The molecule has 0 atom stereocenters. The highest BCUT2D eigenvalue weighted by Gasteiger charge is 2.14. The van der Waals surface area contributed by atoms with E-state index in [4.69, 9.17) is 18.9 Å². The van der Waals surface area contributed by atoms with Crippen LogP contribution in [0.2, 0.25) is 0 Å². The van der Waals surface area contributed by atoms with Crippen molar-refractivity contribution in [2.75, 3.05) is 28.4 Å². The van der Waals surface area contributed by atoms with Gasteiger partial charge < -0.3 is 18.9 Å². The summed E-state index contributed by atoms with van der Waals surface area (Å²) in [6, 6.07) is 11.7. The van der Waals surface area contributed by atoms with E-state index in [-0.39, 0.29) is 0 Å². The molecule has 0 fully saturated rings. The van der Waals surface area contributed by atoms with E-state index in [1.807, 2.05) is 36.4 Å². The topological polar surface area (TPSA) is 36.9 Å². The summed E-state index contributed by atoms with van der Waals surface area (Å²) in [5.74, 6) is 2.92. The van der Waals surface area contributed by atoms with Crippen LogP contribution in [0.15, 0.2) is 36.4 Å². The molecule has 112 valence electrons. The second-order valence-corrected chi connectivity index (χ2v) is 4.48. The van der Waals surface area contributed by atoms with Crippen molar-refractivity contribution >= 4 is 0 Å². The molecule has 0 aliphatic carbocycles. The average Bonchev–Trinajstić information content (AvgIpc) is 2.54. The maximum absolute atomic E-state index is 5.47. The highest BCUT2D eigenvalue weighted by molar-refractivity contribution is 5.53. The molecule has 2 aromatic carbocycles. The number of para-hydroxylation sites is 2. The predicted octanol–water partition coefficient (Wildman–Crippen LogP) is 3.31. The summed E-state index contributed by atoms with van der Waals surface area (Å²) in [5, 5.41) is 0. The normalized spacial score (nSPS) is 10.1. The van der Waals surface area contributed by atoms with Crippen molar-refractivity contribution in [1.82, 2.24) is 0 Å². The summed E-state index contributed by atoms with van der Waals surface area (Å²) in [6.45, 7) is 0. The van der Waals surface area contributed by atoms with Crippen LogP contribution in [0, 0.1) is 0 Å². The van der Waals surface area contributed by atoms with Gasteiger partial charge >= 0.3 is 0 Å². The van der Waals surface area contributed by atoms with Crippen LogP contribution in [0.4, 0.5) is 0 Å². The smallest absolute Gasteiger partial charge is 0.164 e. The highest BCUT2D eigenvalue weighted by Crippen LogP contribution is 2.36. The van der Waals surface area contributed by atoms with Crippen LogP contribution in [-0.4, -0.2) is 28.4 Å². The Labute approximate surface area is 125 Å². The molecule has 0 aromatic heterocycles. The van der Waals surface area contributed by atoms with E-state index in [0.717, 1.165) is 34.1 Å². The molecule has 0 spiro atoms. The Kier molecular flexibility index (Phi) is 4.93. The summed E-state index contributed by atoms with van der Waals surface area (Å²) in [4.78, 5) is 0. The van der Waals surface area contributed by atoms with Gasteiger partial charge in [-0.15, -0.1) is 0 Å². The minimum Gasteiger partial charge on any atom is -0.493 e. The van der Waals surface area contributed by atoms with Crippen molar-refractivity contribution in [3.63, 3.8) is 0 Å². The minimum absolute atomic E-state index is 0.667. The Morgan fingerprint density at radius 2 is 1.05 bits per heavy atom. The Morgan fingerprint density at radius 1 is 0.619 bits per heavy atom. The van der Waals surface area contributed by atoms with Crippen molar-refractivity contribution < 1.29 is 18.9 Å². The first-order valence-corrected chi connectivity index (χ1v) is 6.64. The fraction of sp³-hybridized carbons (Fsp3) is 0.294. The molecular weight excluding hydrogens is 268 g/mol. The first-order valence-electron chi connectivity index (χ1n) is 6.64. The maximum atomic E-state index is 5.47. The molecule has 0 saturated heterocycles. The quantitative estimate of drug-likeness (QED) is 0.817. The number of rotatable bonds is 6. The molecule has 0 aliphatic rings. The summed E-state index contributed by atoms with van der Waals surface area (Å²) < 4.78 is 21.6. The van der Waals surface area contributed by atoms with Crippen LogP contribution < -0.4 is 18.9 Å². The molecule has 0 saturated carbocycles. The van der Waals surface area contributed by atoms with Crippen molar-refractivity contribution in [1.29, 1.82) is 0 Å². The van der Waals surface area contributed by atoms with Crippen molar-refractivity contribution in [2.24, 2.45) is 0 Å². The number of hydrogen-bond acceptors (Lipinski definition) is 4. The van der Waals surface area contributed by atoms with Gasteiger partial charge in [0.1, 0.15) is 0 Å². The number of hydrogen-bond donors (Lipinski definition) is 0. The zero-order valence-corrected chi connectivity index (χ0v) is 12.8. The Morgan fingerprint density at radius 3 is 1.38 bits per heavy atom. The van der Waals surface area contributed by atoms with Gasteiger partial charge in [-0.1, -0.05) is 24.3 Å². The summed E-state index contributed by atoms with van der Waals surface area (Å²) >= 11 is 0. The third-order valence-corrected chi connectivity index (χ3v) is 3.35. The monoisotopic (exact) mass is 288 g/mol. The molecule has 0 heterocycles. The van der Waals surface area contributed by atoms with Gasteiger partial charge in [-0.2, -0.15) is 0 Å². The number of benzene rings is 2. The predicted molar refractivity (Wildman–Crippen MR) is 81.9 cm³/mol. The summed E-state index contributed by atoms with van der Waals surface area (Å²) in [6.07, 6.45) is 0.667. The molecular formula is C17H20O4. The van der Waals surface area contributed by atoms with Crippen LogP contribution in [0.1, 0.15) is 11.1 Å². The molecule has 2 aromatic rings. The summed E-state index contributed by atoms with van der Waals surface area (Å²) in [5.41, 5.74) is 2.06. The molecule has 4 heteroatoms. The van der Waals surface area contributed by atoms with Gasteiger partial charge in [0.2, 0.25) is 0 Å². The molecule has 0 unspecified atom stereocenters. The van der Waals surface area contributed by atoms with Gasteiger partial charge in [0.25, 0.3) is 0 Å². The van der Waals surface area contributed by atoms with Gasteiger partial charge in [-0.05, 0) is 12.1 Å². The van der Waals surface area contributed by atoms with Crippen LogP contribution in [0.3, 0.4) is 0 Å². The largest absolute Gasteiger partial charge is 0.493 e. The molecule has 2 rings (SSSR count). The van der Waals surface area contributed by atoms with Crippen molar-refractivity contribution in [3.05, 3.63) is 47.5 Å². The SMILES string of the molecule is COc1cccc(Cc2cccc(OC)c2OC)c1OC. The lowest BCUT2D eigenvalue weighted by Crippen LogP contribution is -2.00. The minimum atomic E-state index is 0.667. The van der Waals surface area contributed by atoms with Crippen LogP contribution in [-0.2, 0) is 6.42 Å². The third kappa shape index (κ3) is 3.05. The molecule has 21 heavy (non-hydrogen) atoms.